The largest absolute Gasteiger partial charge is 0.495 e. The zero-order valence-electron chi connectivity index (χ0n) is 18.8. The topological polar surface area (TPSA) is 105 Å². The first-order valence-electron chi connectivity index (χ1n) is 10.7. The fourth-order valence-corrected chi connectivity index (χ4v) is 5.50. The van der Waals surface area contributed by atoms with E-state index in [-0.39, 0.29) is 12.4 Å². The van der Waals surface area contributed by atoms with Gasteiger partial charge in [0.2, 0.25) is 15.9 Å². The van der Waals surface area contributed by atoms with Gasteiger partial charge >= 0.3 is 6.18 Å². The monoisotopic (exact) mass is 500 g/mol. The molecule has 0 radical (unpaired) electrons. The molecule has 0 fully saturated rings. The van der Waals surface area contributed by atoms with Crippen LogP contribution in [-0.2, 0) is 27.8 Å². The summed E-state index contributed by atoms with van der Waals surface area (Å²) in [4.78, 5) is 12.2. The van der Waals surface area contributed by atoms with E-state index in [1.54, 1.807) is 29.8 Å². The van der Waals surface area contributed by atoms with Crippen LogP contribution in [0.4, 0.5) is 13.2 Å². The van der Waals surface area contributed by atoms with Gasteiger partial charge in [0, 0.05) is 0 Å². The maximum Gasteiger partial charge on any atom is 0.405 e. The number of carbonyl (C=O) groups is 1. The van der Waals surface area contributed by atoms with Crippen LogP contribution >= 0.6 is 0 Å². The minimum absolute atomic E-state index is 0.107. The third-order valence-corrected chi connectivity index (χ3v) is 7.22. The quantitative estimate of drug-likeness (QED) is 0.516. The van der Waals surface area contributed by atoms with Crippen molar-refractivity contribution >= 4 is 15.9 Å². The summed E-state index contributed by atoms with van der Waals surface area (Å²) in [7, 11) is -3.43. The average molecular weight is 501 g/mol. The minimum Gasteiger partial charge on any atom is -0.495 e. The highest BCUT2D eigenvalue weighted by molar-refractivity contribution is 7.89. The maximum absolute atomic E-state index is 13.7. The number of hydrogen-bond donors (Lipinski definition) is 3. The molecule has 0 aliphatic heterocycles. The number of carbonyl (C=O) groups excluding carboxylic acids is 1. The SMILES string of the molecule is COc1ccc(C)cc1S(=O)(=O)N[C@H](CC(=O)N[C@@H]1CCCc2cc(CO)ccc21)C(F)(F)F. The molecule has 2 aromatic carbocycles. The zero-order chi connectivity index (χ0) is 25.1. The van der Waals surface area contributed by atoms with Gasteiger partial charge in [0.1, 0.15) is 16.7 Å². The van der Waals surface area contributed by atoms with E-state index < -0.39 is 45.5 Å². The van der Waals surface area contributed by atoms with Gasteiger partial charge in [-0.3, -0.25) is 4.79 Å². The van der Waals surface area contributed by atoms with Gasteiger partial charge in [-0.05, 0) is 60.6 Å². The summed E-state index contributed by atoms with van der Waals surface area (Å²) >= 11 is 0. The summed E-state index contributed by atoms with van der Waals surface area (Å²) in [5, 5.41) is 11.9. The molecule has 1 aliphatic carbocycles. The number of aliphatic hydroxyl groups is 1. The molecule has 11 heteroatoms. The predicted molar refractivity (Wildman–Crippen MR) is 119 cm³/mol. The number of alkyl halides is 3. The van der Waals surface area contributed by atoms with Crippen molar-refractivity contribution in [2.24, 2.45) is 0 Å². The molecule has 0 heterocycles. The van der Waals surface area contributed by atoms with Crippen molar-refractivity contribution in [1.29, 1.82) is 0 Å². The normalized spacial score (nSPS) is 17.1. The summed E-state index contributed by atoms with van der Waals surface area (Å²) in [6.07, 6.45) is -4.12. The predicted octanol–water partition coefficient (Wildman–Crippen LogP) is 3.29. The molecule has 0 saturated carbocycles. The Bertz CT molecular complexity index is 1150. The Morgan fingerprint density at radius 3 is 2.62 bits per heavy atom. The summed E-state index contributed by atoms with van der Waals surface area (Å²) < 4.78 is 73.4. The molecule has 7 nitrogen and oxygen atoms in total. The van der Waals surface area contributed by atoms with E-state index in [2.05, 4.69) is 5.32 Å². The number of nitrogens with one attached hydrogen (secondary N) is 2. The van der Waals surface area contributed by atoms with Gasteiger partial charge in [-0.1, -0.05) is 24.3 Å². The number of sulfonamides is 1. The molecule has 0 unspecified atom stereocenters. The number of fused-ring (bicyclic) bond motifs is 1. The Hall–Kier alpha value is -2.63. The maximum atomic E-state index is 13.7. The number of ether oxygens (including phenoxy) is 1. The molecular weight excluding hydrogens is 473 g/mol. The van der Waals surface area contributed by atoms with Gasteiger partial charge < -0.3 is 15.2 Å². The lowest BCUT2D eigenvalue weighted by Crippen LogP contribution is -2.48. The second-order valence-corrected chi connectivity index (χ2v) is 9.96. The third-order valence-electron chi connectivity index (χ3n) is 5.73. The number of rotatable bonds is 8. The highest BCUT2D eigenvalue weighted by Crippen LogP contribution is 2.32. The van der Waals surface area contributed by atoms with E-state index in [9.17, 15) is 31.5 Å². The first-order valence-corrected chi connectivity index (χ1v) is 12.2. The average Bonchev–Trinajstić information content (AvgIpc) is 2.77. The van der Waals surface area contributed by atoms with Crippen LogP contribution in [0.25, 0.3) is 0 Å². The van der Waals surface area contributed by atoms with Gasteiger partial charge in [0.25, 0.3) is 0 Å². The van der Waals surface area contributed by atoms with Crippen LogP contribution in [0, 0.1) is 6.92 Å². The van der Waals surface area contributed by atoms with Crippen molar-refractivity contribution in [1.82, 2.24) is 10.0 Å². The van der Waals surface area contributed by atoms with Gasteiger partial charge in [-0.2, -0.15) is 17.9 Å². The third kappa shape index (κ3) is 6.08. The lowest BCUT2D eigenvalue weighted by atomic mass is 9.86. The highest BCUT2D eigenvalue weighted by atomic mass is 32.2. The Kier molecular flexibility index (Phi) is 7.89. The van der Waals surface area contributed by atoms with Crippen molar-refractivity contribution in [3.05, 3.63) is 58.7 Å². The van der Waals surface area contributed by atoms with Gasteiger partial charge in [0.05, 0.1) is 26.2 Å². The van der Waals surface area contributed by atoms with E-state index in [4.69, 9.17) is 4.74 Å². The molecule has 2 atom stereocenters. The number of halogens is 3. The van der Waals surface area contributed by atoms with E-state index in [0.717, 1.165) is 24.0 Å². The Labute approximate surface area is 196 Å². The number of benzene rings is 2. The van der Waals surface area contributed by atoms with Crippen molar-refractivity contribution in [2.75, 3.05) is 7.11 Å². The van der Waals surface area contributed by atoms with Crippen LogP contribution in [0.2, 0.25) is 0 Å². The fourth-order valence-electron chi connectivity index (χ4n) is 4.02. The number of methoxy groups -OCH3 is 1. The lowest BCUT2D eigenvalue weighted by molar-refractivity contribution is -0.158. The molecular formula is C23H27F3N2O5S. The number of aryl methyl sites for hydroxylation is 2. The molecule has 1 amide bonds. The Balaban J connectivity index is 1.78. The van der Waals surface area contributed by atoms with Crippen molar-refractivity contribution < 1.29 is 36.2 Å². The summed E-state index contributed by atoms with van der Waals surface area (Å²) in [5.74, 6) is -1.03. The first-order chi connectivity index (χ1) is 15.9. The molecule has 3 N–H and O–H groups in total. The van der Waals surface area contributed by atoms with E-state index >= 15 is 0 Å². The molecule has 0 bridgehead atoms. The van der Waals surface area contributed by atoms with E-state index in [0.29, 0.717) is 17.5 Å². The van der Waals surface area contributed by atoms with Crippen LogP contribution in [-0.4, -0.2) is 38.8 Å². The number of amides is 1. The molecule has 186 valence electrons. The van der Waals surface area contributed by atoms with Crippen LogP contribution in [0.5, 0.6) is 5.75 Å². The smallest absolute Gasteiger partial charge is 0.405 e. The number of aliphatic hydroxyl groups excluding tert-OH is 1. The summed E-state index contributed by atoms with van der Waals surface area (Å²) in [6.45, 7) is 1.46. The second kappa shape index (κ2) is 10.3. The fraction of sp³-hybridized carbons (Fsp3) is 0.435. The van der Waals surface area contributed by atoms with Crippen LogP contribution in [0.3, 0.4) is 0 Å². The van der Waals surface area contributed by atoms with Crippen molar-refractivity contribution in [3.8, 4) is 5.75 Å². The molecule has 0 aromatic heterocycles. The van der Waals surface area contributed by atoms with E-state index in [1.807, 2.05) is 6.07 Å². The molecule has 0 saturated heterocycles. The molecule has 1 aliphatic rings. The molecule has 2 aromatic rings. The molecule has 0 spiro atoms. The van der Waals surface area contributed by atoms with Crippen molar-refractivity contribution in [3.63, 3.8) is 0 Å². The van der Waals surface area contributed by atoms with Crippen LogP contribution in [0.1, 0.15) is 47.6 Å². The number of hydrogen-bond acceptors (Lipinski definition) is 5. The molecule has 3 rings (SSSR count). The zero-order valence-corrected chi connectivity index (χ0v) is 19.6. The van der Waals surface area contributed by atoms with Gasteiger partial charge in [0.15, 0.2) is 0 Å². The summed E-state index contributed by atoms with van der Waals surface area (Å²) in [6, 6.07) is 6.27. The molecule has 34 heavy (non-hydrogen) atoms. The Morgan fingerprint density at radius 2 is 1.97 bits per heavy atom. The van der Waals surface area contributed by atoms with Crippen molar-refractivity contribution in [2.45, 2.75) is 62.4 Å². The highest BCUT2D eigenvalue weighted by Gasteiger charge is 2.44. The van der Waals surface area contributed by atoms with Gasteiger partial charge in [-0.15, -0.1) is 0 Å². The second-order valence-electron chi connectivity index (χ2n) is 8.28. The van der Waals surface area contributed by atoms with Crippen LogP contribution < -0.4 is 14.8 Å². The minimum atomic E-state index is -5.00. The standard InChI is InChI=1S/C23H27F3N2O5S/c1-14-6-9-19(33-2)20(10-14)34(31,32)28-21(23(24,25)26)12-22(30)27-18-5-3-4-16-11-15(13-29)7-8-17(16)18/h6-11,18,21,28-29H,3-5,12-13H2,1-2H3,(H,27,30)/t18-,21-/m1/s1. The first kappa shape index (κ1) is 26.0. The summed E-state index contributed by atoms with van der Waals surface area (Å²) in [5.41, 5.74) is 2.93. The van der Waals surface area contributed by atoms with Crippen LogP contribution in [0.15, 0.2) is 41.3 Å². The lowest BCUT2D eigenvalue weighted by Gasteiger charge is -2.28. The van der Waals surface area contributed by atoms with E-state index in [1.165, 1.54) is 19.2 Å². The van der Waals surface area contributed by atoms with Gasteiger partial charge in [-0.25, -0.2) is 8.42 Å². The Morgan fingerprint density at radius 1 is 1.24 bits per heavy atom.